The Labute approximate surface area is 206 Å². The zero-order chi connectivity index (χ0) is 25.1. The average Bonchev–Trinajstić information content (AvgIpc) is 3.35. The number of methoxy groups -OCH3 is 2. The molecular formula is C28H21N5O3. The predicted octanol–water partition coefficient (Wildman–Crippen LogP) is 4.86. The predicted molar refractivity (Wildman–Crippen MR) is 138 cm³/mol. The van der Waals surface area contributed by atoms with Crippen molar-refractivity contribution in [2.45, 2.75) is 0 Å². The van der Waals surface area contributed by atoms with Crippen molar-refractivity contribution in [3.63, 3.8) is 0 Å². The number of H-pyrrole nitrogens is 1. The van der Waals surface area contributed by atoms with Gasteiger partial charge in [-0.1, -0.05) is 30.3 Å². The van der Waals surface area contributed by atoms with Crippen LogP contribution in [0.15, 0.2) is 83.8 Å². The van der Waals surface area contributed by atoms with E-state index in [-0.39, 0.29) is 17.0 Å². The van der Waals surface area contributed by atoms with E-state index in [0.29, 0.717) is 33.7 Å². The lowest BCUT2D eigenvalue weighted by molar-refractivity contribution is 0.355. The highest BCUT2D eigenvalue weighted by Gasteiger charge is 2.16. The van der Waals surface area contributed by atoms with Crippen LogP contribution in [0.5, 0.6) is 11.5 Å². The number of benzene rings is 3. The van der Waals surface area contributed by atoms with Crippen LogP contribution >= 0.6 is 0 Å². The van der Waals surface area contributed by atoms with E-state index >= 15 is 0 Å². The van der Waals surface area contributed by atoms with Crippen molar-refractivity contribution in [2.24, 2.45) is 0 Å². The van der Waals surface area contributed by atoms with Crippen LogP contribution in [0.1, 0.15) is 11.4 Å². The number of nitrogens with one attached hydrogen (secondary N) is 1. The van der Waals surface area contributed by atoms with E-state index in [1.165, 1.54) is 0 Å². The first-order valence-electron chi connectivity index (χ1n) is 11.1. The number of allylic oxidation sites excluding steroid dienone is 1. The zero-order valence-corrected chi connectivity index (χ0v) is 19.6. The third-order valence-electron chi connectivity index (χ3n) is 5.71. The van der Waals surface area contributed by atoms with Crippen molar-refractivity contribution in [1.29, 1.82) is 5.26 Å². The molecule has 3 aromatic carbocycles. The van der Waals surface area contributed by atoms with Gasteiger partial charge in [-0.3, -0.25) is 4.79 Å². The molecule has 8 nitrogen and oxygen atoms in total. The SMILES string of the molecule is COc1ccc(-c2nn(-c3ccccc3)cc2C=C(C#N)c2nc3ccccc3c(=O)[nH]2)cc1OC. The van der Waals surface area contributed by atoms with E-state index in [1.54, 1.807) is 55.3 Å². The van der Waals surface area contributed by atoms with Crippen LogP contribution in [0, 0.1) is 11.3 Å². The van der Waals surface area contributed by atoms with Crippen molar-refractivity contribution in [3.05, 3.63) is 101 Å². The van der Waals surface area contributed by atoms with Gasteiger partial charge in [0.2, 0.25) is 0 Å². The Morgan fingerprint density at radius 3 is 2.50 bits per heavy atom. The molecule has 8 heteroatoms. The molecule has 0 aliphatic carbocycles. The van der Waals surface area contributed by atoms with Gasteiger partial charge in [0.1, 0.15) is 11.8 Å². The molecule has 0 fully saturated rings. The summed E-state index contributed by atoms with van der Waals surface area (Å²) in [7, 11) is 3.15. The number of fused-ring (bicyclic) bond motifs is 1. The lowest BCUT2D eigenvalue weighted by Gasteiger charge is -2.09. The standard InChI is InChI=1S/C28H21N5O3/c1-35-24-13-12-18(15-25(24)36-2)26-20(17-33(32-26)21-8-4-3-5-9-21)14-19(16-29)27-30-23-11-7-6-10-22(23)28(34)31-27/h3-15,17H,1-2H3,(H,30,31,34). The highest BCUT2D eigenvalue weighted by molar-refractivity contribution is 5.91. The van der Waals surface area contributed by atoms with E-state index < -0.39 is 0 Å². The fourth-order valence-corrected chi connectivity index (χ4v) is 3.94. The van der Waals surface area contributed by atoms with Crippen LogP contribution in [-0.4, -0.2) is 34.0 Å². The van der Waals surface area contributed by atoms with Gasteiger partial charge in [0, 0.05) is 17.3 Å². The van der Waals surface area contributed by atoms with Crippen molar-refractivity contribution in [2.75, 3.05) is 14.2 Å². The molecule has 0 saturated heterocycles. The average molecular weight is 476 g/mol. The molecule has 0 unspecified atom stereocenters. The topological polar surface area (TPSA) is 106 Å². The monoisotopic (exact) mass is 475 g/mol. The molecule has 176 valence electrons. The molecule has 1 N–H and O–H groups in total. The molecule has 0 saturated carbocycles. The number of rotatable bonds is 6. The molecule has 0 aliphatic heterocycles. The molecule has 2 aromatic heterocycles. The number of aromatic amines is 1. The first-order valence-corrected chi connectivity index (χ1v) is 11.1. The maximum atomic E-state index is 12.6. The molecular weight excluding hydrogens is 454 g/mol. The minimum Gasteiger partial charge on any atom is -0.493 e. The van der Waals surface area contributed by atoms with Gasteiger partial charge in [-0.15, -0.1) is 0 Å². The van der Waals surface area contributed by atoms with Gasteiger partial charge in [-0.25, -0.2) is 9.67 Å². The number of hydrogen-bond acceptors (Lipinski definition) is 6. The van der Waals surface area contributed by atoms with Gasteiger partial charge in [0.25, 0.3) is 5.56 Å². The quantitative estimate of drug-likeness (QED) is 0.352. The lowest BCUT2D eigenvalue weighted by Crippen LogP contribution is -2.11. The molecule has 5 aromatic rings. The van der Waals surface area contributed by atoms with Crippen molar-refractivity contribution in [3.8, 4) is 34.5 Å². The minimum absolute atomic E-state index is 0.187. The number of nitrogens with zero attached hydrogens (tertiary/aromatic N) is 4. The summed E-state index contributed by atoms with van der Waals surface area (Å²) in [6, 6.07) is 24.3. The van der Waals surface area contributed by atoms with Gasteiger partial charge < -0.3 is 14.5 Å². The van der Waals surface area contributed by atoms with E-state index in [1.807, 2.05) is 48.7 Å². The molecule has 0 spiro atoms. The smallest absolute Gasteiger partial charge is 0.259 e. The second-order valence-corrected chi connectivity index (χ2v) is 7.88. The van der Waals surface area contributed by atoms with Crippen LogP contribution in [0.3, 0.4) is 0 Å². The van der Waals surface area contributed by atoms with Crippen LogP contribution in [0.4, 0.5) is 0 Å². The van der Waals surface area contributed by atoms with Crippen LogP contribution in [-0.2, 0) is 0 Å². The van der Waals surface area contributed by atoms with Gasteiger partial charge >= 0.3 is 0 Å². The Balaban J connectivity index is 1.69. The van der Waals surface area contributed by atoms with Crippen molar-refractivity contribution >= 4 is 22.6 Å². The largest absolute Gasteiger partial charge is 0.493 e. The Kier molecular flexibility index (Phi) is 6.03. The molecule has 2 heterocycles. The highest BCUT2D eigenvalue weighted by Crippen LogP contribution is 2.34. The Morgan fingerprint density at radius 2 is 1.75 bits per heavy atom. The molecule has 5 rings (SSSR count). The van der Waals surface area contributed by atoms with Crippen LogP contribution in [0.2, 0.25) is 0 Å². The second kappa shape index (κ2) is 9.60. The third-order valence-corrected chi connectivity index (χ3v) is 5.71. The summed E-state index contributed by atoms with van der Waals surface area (Å²) in [5.41, 5.74) is 3.32. The Bertz CT molecular complexity index is 1690. The normalized spacial score (nSPS) is 11.3. The summed E-state index contributed by atoms with van der Waals surface area (Å²) in [5.74, 6) is 1.34. The first kappa shape index (κ1) is 22.6. The fourth-order valence-electron chi connectivity index (χ4n) is 3.94. The maximum absolute atomic E-state index is 12.6. The van der Waals surface area contributed by atoms with Gasteiger partial charge in [-0.2, -0.15) is 10.4 Å². The third kappa shape index (κ3) is 4.21. The van der Waals surface area contributed by atoms with Gasteiger partial charge in [0.15, 0.2) is 17.3 Å². The number of ether oxygens (including phenoxy) is 2. The summed E-state index contributed by atoms with van der Waals surface area (Å²) in [6.45, 7) is 0. The lowest BCUT2D eigenvalue weighted by atomic mass is 10.0. The summed E-state index contributed by atoms with van der Waals surface area (Å²) >= 11 is 0. The first-order chi connectivity index (χ1) is 17.6. The molecule has 0 bridgehead atoms. The number of aromatic nitrogens is 4. The van der Waals surface area contributed by atoms with Crippen molar-refractivity contribution in [1.82, 2.24) is 19.7 Å². The summed E-state index contributed by atoms with van der Waals surface area (Å²) in [5, 5.41) is 15.3. The molecule has 0 amide bonds. The van der Waals surface area contributed by atoms with Crippen LogP contribution < -0.4 is 15.0 Å². The fraction of sp³-hybridized carbons (Fsp3) is 0.0714. The summed E-state index contributed by atoms with van der Waals surface area (Å²) in [6.07, 6.45) is 3.50. The molecule has 0 radical (unpaired) electrons. The molecule has 0 aliphatic rings. The van der Waals surface area contributed by atoms with E-state index in [0.717, 1.165) is 11.3 Å². The molecule has 0 atom stereocenters. The van der Waals surface area contributed by atoms with E-state index in [9.17, 15) is 10.1 Å². The number of para-hydroxylation sites is 2. The Hall–Kier alpha value is -5.16. The van der Waals surface area contributed by atoms with Crippen molar-refractivity contribution < 1.29 is 9.47 Å². The Morgan fingerprint density at radius 1 is 1.00 bits per heavy atom. The zero-order valence-electron chi connectivity index (χ0n) is 19.6. The highest BCUT2D eigenvalue weighted by atomic mass is 16.5. The maximum Gasteiger partial charge on any atom is 0.259 e. The second-order valence-electron chi connectivity index (χ2n) is 7.88. The van der Waals surface area contributed by atoms with Gasteiger partial charge in [-0.05, 0) is 48.5 Å². The minimum atomic E-state index is -0.308. The van der Waals surface area contributed by atoms with Gasteiger partial charge in [0.05, 0.1) is 36.4 Å². The van der Waals surface area contributed by atoms with E-state index in [2.05, 4.69) is 16.0 Å². The summed E-state index contributed by atoms with van der Waals surface area (Å²) < 4.78 is 12.6. The number of nitriles is 1. The summed E-state index contributed by atoms with van der Waals surface area (Å²) in [4.78, 5) is 19.8. The number of hydrogen-bond donors (Lipinski definition) is 1. The van der Waals surface area contributed by atoms with Crippen LogP contribution in [0.25, 0.3) is 39.5 Å². The molecule has 36 heavy (non-hydrogen) atoms. The van der Waals surface area contributed by atoms with E-state index in [4.69, 9.17) is 14.6 Å².